The van der Waals surface area contributed by atoms with Gasteiger partial charge >= 0.3 is 0 Å². The van der Waals surface area contributed by atoms with E-state index in [0.717, 1.165) is 0 Å². The molecule has 0 fully saturated rings. The highest BCUT2D eigenvalue weighted by Crippen LogP contribution is 2.33. The Morgan fingerprint density at radius 2 is 2.08 bits per heavy atom. The highest BCUT2D eigenvalue weighted by Gasteiger charge is 2.42. The number of carbonyl (C=O) groups excluding carboxylic acids is 2. The normalized spacial score (nSPS) is 15.5. The lowest BCUT2D eigenvalue weighted by Crippen LogP contribution is -2.57. The van der Waals surface area contributed by atoms with Gasteiger partial charge in [0.15, 0.2) is 6.73 Å². The molecule has 7 heteroatoms. The summed E-state index contributed by atoms with van der Waals surface area (Å²) < 4.78 is 5.64. The number of benzene rings is 1. The predicted molar refractivity (Wildman–Crippen MR) is 102 cm³/mol. The van der Waals surface area contributed by atoms with Crippen molar-refractivity contribution in [1.29, 1.82) is 0 Å². The summed E-state index contributed by atoms with van der Waals surface area (Å²) in [6.07, 6.45) is 0. The number of nitrogens with zero attached hydrogens (tertiary/aromatic N) is 1. The zero-order valence-corrected chi connectivity index (χ0v) is 16.6. The third-order valence-electron chi connectivity index (χ3n) is 3.84. The van der Waals surface area contributed by atoms with E-state index in [9.17, 15) is 9.59 Å². The average Bonchev–Trinajstić information content (AvgIpc) is 2.50. The molecule has 2 amide bonds. The SMILES string of the molecule is CC1=C(SC(C)C)C(=O)N(C(C)(C)C(=O)Nc2cccc(Cl)c2)CO1. The summed E-state index contributed by atoms with van der Waals surface area (Å²) in [7, 11) is 0. The summed E-state index contributed by atoms with van der Waals surface area (Å²) in [5.41, 5.74) is -0.498. The molecular formula is C18H23ClN2O3S. The lowest BCUT2D eigenvalue weighted by atomic mass is 10.0. The summed E-state index contributed by atoms with van der Waals surface area (Å²) >= 11 is 7.40. The number of allylic oxidation sites excluding steroid dienone is 1. The maximum Gasteiger partial charge on any atom is 0.267 e. The van der Waals surface area contributed by atoms with Crippen molar-refractivity contribution in [2.45, 2.75) is 45.4 Å². The Kier molecular flexibility index (Phi) is 6.06. The molecule has 1 heterocycles. The fourth-order valence-corrected chi connectivity index (χ4v) is 3.41. The second-order valence-corrected chi connectivity index (χ2v) is 8.61. The van der Waals surface area contributed by atoms with E-state index in [0.29, 0.717) is 21.4 Å². The van der Waals surface area contributed by atoms with Gasteiger partial charge in [-0.2, -0.15) is 0 Å². The monoisotopic (exact) mass is 382 g/mol. The van der Waals surface area contributed by atoms with E-state index in [4.69, 9.17) is 16.3 Å². The summed E-state index contributed by atoms with van der Waals surface area (Å²) in [5.74, 6) is 0.111. The molecular weight excluding hydrogens is 360 g/mol. The van der Waals surface area contributed by atoms with Crippen LogP contribution in [0.1, 0.15) is 34.6 Å². The van der Waals surface area contributed by atoms with Crippen LogP contribution in [0, 0.1) is 0 Å². The van der Waals surface area contributed by atoms with Crippen molar-refractivity contribution in [1.82, 2.24) is 4.90 Å². The van der Waals surface area contributed by atoms with Crippen LogP contribution in [0.2, 0.25) is 5.02 Å². The first-order valence-corrected chi connectivity index (χ1v) is 9.28. The zero-order chi connectivity index (χ0) is 18.8. The van der Waals surface area contributed by atoms with E-state index in [1.165, 1.54) is 16.7 Å². The van der Waals surface area contributed by atoms with E-state index >= 15 is 0 Å². The van der Waals surface area contributed by atoms with Gasteiger partial charge in [0.1, 0.15) is 16.2 Å². The number of amides is 2. The van der Waals surface area contributed by atoms with E-state index in [2.05, 4.69) is 5.32 Å². The van der Waals surface area contributed by atoms with Crippen molar-refractivity contribution in [2.24, 2.45) is 0 Å². The van der Waals surface area contributed by atoms with Crippen molar-refractivity contribution in [2.75, 3.05) is 12.0 Å². The van der Waals surface area contributed by atoms with Crippen LogP contribution >= 0.6 is 23.4 Å². The van der Waals surface area contributed by atoms with Gasteiger partial charge in [-0.1, -0.05) is 31.5 Å². The molecule has 0 bridgehead atoms. The van der Waals surface area contributed by atoms with Crippen molar-refractivity contribution in [3.05, 3.63) is 40.0 Å². The standard InChI is InChI=1S/C18H23ClN2O3S/c1-11(2)25-15-12(3)24-10-21(16(15)22)18(4,5)17(23)20-14-8-6-7-13(19)9-14/h6-9,11H,10H2,1-5H3,(H,20,23). The second-order valence-electron chi connectivity index (χ2n) is 6.58. The largest absolute Gasteiger partial charge is 0.476 e. The summed E-state index contributed by atoms with van der Waals surface area (Å²) in [5, 5.41) is 3.58. The number of thioether (sulfide) groups is 1. The number of ether oxygens (including phenoxy) is 1. The third kappa shape index (κ3) is 4.50. The number of hydrogen-bond donors (Lipinski definition) is 1. The molecule has 0 radical (unpaired) electrons. The Hall–Kier alpha value is -1.66. The number of rotatable bonds is 5. The van der Waals surface area contributed by atoms with Crippen LogP contribution in [0.15, 0.2) is 34.9 Å². The average molecular weight is 383 g/mol. The highest BCUT2D eigenvalue weighted by molar-refractivity contribution is 8.04. The van der Waals surface area contributed by atoms with Crippen LogP contribution in [0.25, 0.3) is 0 Å². The van der Waals surface area contributed by atoms with Crippen LogP contribution in [-0.2, 0) is 14.3 Å². The van der Waals surface area contributed by atoms with E-state index < -0.39 is 5.54 Å². The second kappa shape index (κ2) is 7.70. The lowest BCUT2D eigenvalue weighted by Gasteiger charge is -2.40. The molecule has 2 rings (SSSR count). The fourth-order valence-electron chi connectivity index (χ4n) is 2.32. The van der Waals surface area contributed by atoms with E-state index in [-0.39, 0.29) is 23.8 Å². The molecule has 1 aromatic rings. The molecule has 0 saturated heterocycles. The molecule has 136 valence electrons. The fraction of sp³-hybridized carbons (Fsp3) is 0.444. The van der Waals surface area contributed by atoms with Crippen LogP contribution in [-0.4, -0.2) is 34.2 Å². The Bertz CT molecular complexity index is 716. The molecule has 5 nitrogen and oxygen atoms in total. The topological polar surface area (TPSA) is 58.6 Å². The molecule has 0 aliphatic carbocycles. The van der Waals surface area contributed by atoms with Crippen LogP contribution in [0.4, 0.5) is 5.69 Å². The quantitative estimate of drug-likeness (QED) is 0.827. The molecule has 0 saturated carbocycles. The smallest absolute Gasteiger partial charge is 0.267 e. The number of anilines is 1. The van der Waals surface area contributed by atoms with Gasteiger partial charge in [-0.05, 0) is 39.0 Å². The number of carbonyl (C=O) groups is 2. The number of halogens is 1. The van der Waals surface area contributed by atoms with Gasteiger partial charge in [0.05, 0.1) is 0 Å². The van der Waals surface area contributed by atoms with Crippen LogP contribution in [0.5, 0.6) is 0 Å². The van der Waals surface area contributed by atoms with Crippen molar-refractivity contribution >= 4 is 40.9 Å². The van der Waals surface area contributed by atoms with Crippen LogP contribution in [0.3, 0.4) is 0 Å². The Morgan fingerprint density at radius 3 is 2.68 bits per heavy atom. The molecule has 1 aliphatic rings. The molecule has 1 aliphatic heterocycles. The van der Waals surface area contributed by atoms with Crippen molar-refractivity contribution < 1.29 is 14.3 Å². The first-order chi connectivity index (χ1) is 11.6. The molecule has 0 spiro atoms. The molecule has 0 unspecified atom stereocenters. The molecule has 1 N–H and O–H groups in total. The Morgan fingerprint density at radius 1 is 1.40 bits per heavy atom. The van der Waals surface area contributed by atoms with E-state index in [1.807, 2.05) is 13.8 Å². The van der Waals surface area contributed by atoms with Gasteiger partial charge in [-0.3, -0.25) is 14.5 Å². The van der Waals surface area contributed by atoms with Crippen LogP contribution < -0.4 is 5.32 Å². The zero-order valence-electron chi connectivity index (χ0n) is 15.1. The predicted octanol–water partition coefficient (Wildman–Crippen LogP) is 4.25. The summed E-state index contributed by atoms with van der Waals surface area (Å²) in [6.45, 7) is 9.24. The van der Waals surface area contributed by atoms with Gasteiger partial charge in [0.2, 0.25) is 5.91 Å². The maximum atomic E-state index is 12.9. The minimum atomic E-state index is -1.08. The highest BCUT2D eigenvalue weighted by atomic mass is 35.5. The summed E-state index contributed by atoms with van der Waals surface area (Å²) in [4.78, 5) is 27.7. The van der Waals surface area contributed by atoms with Gasteiger partial charge in [-0.15, -0.1) is 11.8 Å². The van der Waals surface area contributed by atoms with Crippen molar-refractivity contribution in [3.63, 3.8) is 0 Å². The molecule has 25 heavy (non-hydrogen) atoms. The minimum Gasteiger partial charge on any atom is -0.476 e. The molecule has 0 atom stereocenters. The molecule has 1 aromatic carbocycles. The minimum absolute atomic E-state index is 0.0444. The van der Waals surface area contributed by atoms with Gasteiger partial charge in [0, 0.05) is 16.0 Å². The third-order valence-corrected chi connectivity index (χ3v) is 5.24. The first-order valence-electron chi connectivity index (χ1n) is 8.02. The van der Waals surface area contributed by atoms with Crippen molar-refractivity contribution in [3.8, 4) is 0 Å². The van der Waals surface area contributed by atoms with Gasteiger partial charge in [0.25, 0.3) is 5.91 Å². The van der Waals surface area contributed by atoms with Gasteiger partial charge < -0.3 is 10.1 Å². The van der Waals surface area contributed by atoms with Gasteiger partial charge in [-0.25, -0.2) is 0 Å². The maximum absolute atomic E-state index is 12.9. The molecule has 0 aromatic heterocycles. The first kappa shape index (κ1) is 19.7. The summed E-state index contributed by atoms with van der Waals surface area (Å²) in [6, 6.07) is 6.89. The Labute approximate surface area is 157 Å². The lowest BCUT2D eigenvalue weighted by molar-refractivity contribution is -0.148. The Balaban J connectivity index is 2.20. The number of hydrogen-bond acceptors (Lipinski definition) is 4. The number of nitrogens with one attached hydrogen (secondary N) is 1. The van der Waals surface area contributed by atoms with E-state index in [1.54, 1.807) is 45.0 Å².